The van der Waals surface area contributed by atoms with Crippen LogP contribution in [-0.4, -0.2) is 30.1 Å². The number of para-hydroxylation sites is 1. The molecule has 0 atom stereocenters. The Hall–Kier alpha value is -4.60. The molecule has 0 amide bonds. The highest BCUT2D eigenvalue weighted by atomic mass is 79.9. The summed E-state index contributed by atoms with van der Waals surface area (Å²) in [5.41, 5.74) is 2.28. The summed E-state index contributed by atoms with van der Waals surface area (Å²) < 4.78 is 24.9. The van der Waals surface area contributed by atoms with Crippen molar-refractivity contribution in [2.45, 2.75) is 6.61 Å². The molecule has 8 nitrogen and oxygen atoms in total. The lowest BCUT2D eigenvalue weighted by Gasteiger charge is -2.15. The normalized spacial score (nSPS) is 11.4. The van der Waals surface area contributed by atoms with Gasteiger partial charge in [-0.3, -0.25) is 4.79 Å². The summed E-state index contributed by atoms with van der Waals surface area (Å²) >= 11 is 10.3. The zero-order chi connectivity index (χ0) is 29.2. The number of fused-ring (bicyclic) bond motifs is 2. The molecule has 42 heavy (non-hydrogen) atoms. The molecule has 0 radical (unpaired) electrons. The van der Waals surface area contributed by atoms with E-state index in [2.05, 4.69) is 21.0 Å². The van der Waals surface area contributed by atoms with Gasteiger partial charge in [-0.2, -0.15) is 9.78 Å². The third-order valence-electron chi connectivity index (χ3n) is 6.63. The summed E-state index contributed by atoms with van der Waals surface area (Å²) in [4.78, 5) is 18.4. The Morgan fingerprint density at radius 2 is 1.71 bits per heavy atom. The molecule has 0 aliphatic heterocycles. The lowest BCUT2D eigenvalue weighted by atomic mass is 10.2. The SMILES string of the molecule is COc1cc(C=Nn2c(-c3cc4c(OC)cccc4o3)nc3ccccc3c2=O)c(Br)c(Cl)c1OCc1ccccc1. The smallest absolute Gasteiger partial charge is 0.282 e. The molecule has 0 saturated carbocycles. The van der Waals surface area contributed by atoms with E-state index in [1.165, 1.54) is 18.0 Å². The van der Waals surface area contributed by atoms with Crippen LogP contribution in [0.3, 0.4) is 0 Å². The maximum atomic E-state index is 13.7. The van der Waals surface area contributed by atoms with Crippen molar-refractivity contribution >= 4 is 55.6 Å². The predicted molar refractivity (Wildman–Crippen MR) is 167 cm³/mol. The topological polar surface area (TPSA) is 88.1 Å². The van der Waals surface area contributed by atoms with Crippen molar-refractivity contribution in [3.8, 4) is 28.8 Å². The Morgan fingerprint density at radius 1 is 0.952 bits per heavy atom. The van der Waals surface area contributed by atoms with Gasteiger partial charge in [0.1, 0.15) is 23.0 Å². The highest BCUT2D eigenvalue weighted by molar-refractivity contribution is 9.10. The number of furan rings is 1. The van der Waals surface area contributed by atoms with Crippen molar-refractivity contribution in [3.05, 3.63) is 116 Å². The fraction of sp³-hybridized carbons (Fsp3) is 0.0938. The minimum Gasteiger partial charge on any atom is -0.496 e. The van der Waals surface area contributed by atoms with Gasteiger partial charge < -0.3 is 18.6 Å². The van der Waals surface area contributed by atoms with Crippen LogP contribution < -0.4 is 19.8 Å². The second-order valence-electron chi connectivity index (χ2n) is 9.20. The van der Waals surface area contributed by atoms with E-state index in [-0.39, 0.29) is 11.4 Å². The van der Waals surface area contributed by atoms with Crippen molar-refractivity contribution in [1.82, 2.24) is 9.66 Å². The Kier molecular flexibility index (Phi) is 7.69. The third kappa shape index (κ3) is 5.13. The zero-order valence-electron chi connectivity index (χ0n) is 22.5. The minimum absolute atomic E-state index is 0.227. The molecule has 0 unspecified atom stereocenters. The fourth-order valence-electron chi connectivity index (χ4n) is 4.55. The van der Waals surface area contributed by atoms with Crippen LogP contribution in [0.1, 0.15) is 11.1 Å². The van der Waals surface area contributed by atoms with E-state index in [9.17, 15) is 4.79 Å². The molecule has 0 aliphatic carbocycles. The maximum absolute atomic E-state index is 13.7. The van der Waals surface area contributed by atoms with E-state index in [0.717, 1.165) is 10.9 Å². The molecular formula is C32H23BrClN3O5. The first-order chi connectivity index (χ1) is 20.5. The summed E-state index contributed by atoms with van der Waals surface area (Å²) in [6.45, 7) is 0.306. The van der Waals surface area contributed by atoms with Crippen LogP contribution in [-0.2, 0) is 6.61 Å². The molecule has 10 heteroatoms. The van der Waals surface area contributed by atoms with Gasteiger partial charge in [0.2, 0.25) is 5.82 Å². The van der Waals surface area contributed by atoms with E-state index >= 15 is 0 Å². The largest absolute Gasteiger partial charge is 0.496 e. The number of ether oxygens (including phenoxy) is 3. The van der Waals surface area contributed by atoms with Crippen LogP contribution in [0.5, 0.6) is 17.2 Å². The lowest BCUT2D eigenvalue weighted by molar-refractivity contribution is 0.284. The quantitative estimate of drug-likeness (QED) is 0.158. The number of hydrogen-bond donors (Lipinski definition) is 0. The molecule has 210 valence electrons. The van der Waals surface area contributed by atoms with Gasteiger partial charge in [0.15, 0.2) is 17.3 Å². The van der Waals surface area contributed by atoms with E-state index in [4.69, 9.17) is 35.2 Å². The van der Waals surface area contributed by atoms with E-state index < -0.39 is 0 Å². The van der Waals surface area contributed by atoms with Crippen LogP contribution in [0.25, 0.3) is 33.5 Å². The number of halogens is 2. The zero-order valence-corrected chi connectivity index (χ0v) is 24.8. The van der Waals surface area contributed by atoms with Crippen LogP contribution in [0.2, 0.25) is 5.02 Å². The third-order valence-corrected chi connectivity index (χ3v) is 8.07. The molecule has 0 fully saturated rings. The number of rotatable bonds is 8. The lowest BCUT2D eigenvalue weighted by Crippen LogP contribution is -2.20. The molecule has 0 bridgehead atoms. The molecule has 0 aliphatic rings. The summed E-state index contributed by atoms with van der Waals surface area (Å²) in [5.74, 6) is 2.02. The molecule has 6 rings (SSSR count). The Labute approximate surface area is 253 Å². The summed E-state index contributed by atoms with van der Waals surface area (Å²) in [7, 11) is 3.12. The second-order valence-corrected chi connectivity index (χ2v) is 10.4. The molecule has 2 aromatic heterocycles. The highest BCUT2D eigenvalue weighted by Gasteiger charge is 2.20. The number of aromatic nitrogens is 2. The highest BCUT2D eigenvalue weighted by Crippen LogP contribution is 2.42. The minimum atomic E-state index is -0.365. The molecule has 2 heterocycles. The first-order valence-electron chi connectivity index (χ1n) is 12.8. The number of hydrogen-bond acceptors (Lipinski definition) is 7. The van der Waals surface area contributed by atoms with Crippen molar-refractivity contribution in [2.75, 3.05) is 14.2 Å². The van der Waals surface area contributed by atoms with E-state index in [0.29, 0.717) is 61.2 Å². The van der Waals surface area contributed by atoms with Crippen LogP contribution in [0.15, 0.2) is 104 Å². The van der Waals surface area contributed by atoms with Gasteiger partial charge in [0.05, 0.1) is 36.7 Å². The van der Waals surface area contributed by atoms with Crippen molar-refractivity contribution in [2.24, 2.45) is 5.10 Å². The summed E-state index contributed by atoms with van der Waals surface area (Å²) in [5, 5.41) is 6.02. The van der Waals surface area contributed by atoms with Gasteiger partial charge in [0.25, 0.3) is 5.56 Å². The second kappa shape index (κ2) is 11.7. The Morgan fingerprint density at radius 3 is 2.50 bits per heavy atom. The van der Waals surface area contributed by atoms with Crippen LogP contribution in [0, 0.1) is 0 Å². The maximum Gasteiger partial charge on any atom is 0.282 e. The van der Waals surface area contributed by atoms with Gasteiger partial charge >= 0.3 is 0 Å². The molecule has 0 N–H and O–H groups in total. The van der Waals surface area contributed by atoms with Crippen LogP contribution >= 0.6 is 27.5 Å². The molecule has 6 aromatic rings. The molecule has 4 aromatic carbocycles. The standard InChI is InChI=1S/C32H23BrClN3O5/c1-39-24-13-8-14-25-22(24)16-27(42-25)31-36-23-12-7-6-11-21(23)32(38)37(31)35-17-20-15-26(40-2)30(29(34)28(20)33)41-18-19-9-4-3-5-10-19/h3-17H,18H2,1-2H3. The van der Waals surface area contributed by atoms with Crippen molar-refractivity contribution < 1.29 is 18.6 Å². The molecule has 0 spiro atoms. The number of nitrogens with zero attached hydrogens (tertiary/aromatic N) is 3. The summed E-state index contributed by atoms with van der Waals surface area (Å²) in [6.07, 6.45) is 1.50. The van der Waals surface area contributed by atoms with Gasteiger partial charge in [0, 0.05) is 10.0 Å². The van der Waals surface area contributed by atoms with Gasteiger partial charge in [-0.15, -0.1) is 0 Å². The Bertz CT molecular complexity index is 2020. The van der Waals surface area contributed by atoms with Crippen molar-refractivity contribution in [3.63, 3.8) is 0 Å². The fourth-order valence-corrected chi connectivity index (χ4v) is 5.20. The monoisotopic (exact) mass is 643 g/mol. The average molecular weight is 645 g/mol. The predicted octanol–water partition coefficient (Wildman–Crippen LogP) is 7.70. The number of benzene rings is 4. The number of methoxy groups -OCH3 is 2. The Balaban J connectivity index is 1.45. The van der Waals surface area contributed by atoms with Gasteiger partial charge in [-0.05, 0) is 57.9 Å². The first-order valence-corrected chi connectivity index (χ1v) is 14.0. The summed E-state index contributed by atoms with van der Waals surface area (Å²) in [6, 6.07) is 25.8. The van der Waals surface area contributed by atoms with Gasteiger partial charge in [-0.1, -0.05) is 60.1 Å². The molecule has 0 saturated heterocycles. The van der Waals surface area contributed by atoms with Crippen molar-refractivity contribution in [1.29, 1.82) is 0 Å². The van der Waals surface area contributed by atoms with E-state index in [1.54, 1.807) is 37.4 Å². The van der Waals surface area contributed by atoms with Crippen LogP contribution in [0.4, 0.5) is 0 Å². The first kappa shape index (κ1) is 27.6. The average Bonchev–Trinajstić information content (AvgIpc) is 3.47. The molecular weight excluding hydrogens is 622 g/mol. The van der Waals surface area contributed by atoms with Gasteiger partial charge in [-0.25, -0.2) is 4.98 Å². The van der Waals surface area contributed by atoms with E-state index in [1.807, 2.05) is 54.6 Å².